The minimum absolute atomic E-state index is 0.179. The molecule has 0 aliphatic heterocycles. The summed E-state index contributed by atoms with van der Waals surface area (Å²) < 4.78 is 4.93. The van der Waals surface area contributed by atoms with Crippen LogP contribution in [-0.2, 0) is 9.53 Å². The predicted molar refractivity (Wildman–Crippen MR) is 74.1 cm³/mol. The summed E-state index contributed by atoms with van der Waals surface area (Å²) in [7, 11) is 1.41. The van der Waals surface area contributed by atoms with Gasteiger partial charge in [-0.25, -0.2) is 0 Å². The number of ether oxygens (including phenoxy) is 1. The van der Waals surface area contributed by atoms with Crippen molar-refractivity contribution >= 4 is 11.9 Å². The molecule has 0 spiro atoms. The molecule has 1 heterocycles. The van der Waals surface area contributed by atoms with Gasteiger partial charge in [-0.1, -0.05) is 19.3 Å². The van der Waals surface area contributed by atoms with Crippen LogP contribution in [0.25, 0.3) is 0 Å². The molecule has 108 valence electrons. The number of hydrogen-bond acceptors (Lipinski definition) is 4. The van der Waals surface area contributed by atoms with Crippen molar-refractivity contribution in [1.82, 2.24) is 10.3 Å². The molecule has 0 radical (unpaired) electrons. The topological polar surface area (TPSA) is 68.3 Å². The quantitative estimate of drug-likeness (QED) is 0.853. The minimum Gasteiger partial charge on any atom is -0.469 e. The van der Waals surface area contributed by atoms with E-state index in [1.165, 1.54) is 7.11 Å². The fourth-order valence-electron chi connectivity index (χ4n) is 2.75. The summed E-state index contributed by atoms with van der Waals surface area (Å²) in [6, 6.07) is 3.31. The number of carbonyl (C=O) groups excluding carboxylic acids is 2. The van der Waals surface area contributed by atoms with E-state index in [2.05, 4.69) is 10.3 Å². The lowest BCUT2D eigenvalue weighted by Crippen LogP contribution is -2.45. The Labute approximate surface area is 118 Å². The number of pyridine rings is 1. The number of carbonyl (C=O) groups is 2. The van der Waals surface area contributed by atoms with Gasteiger partial charge in [0.05, 0.1) is 12.5 Å². The lowest BCUT2D eigenvalue weighted by Gasteiger charge is -2.34. The van der Waals surface area contributed by atoms with Crippen molar-refractivity contribution in [3.63, 3.8) is 0 Å². The van der Waals surface area contributed by atoms with E-state index >= 15 is 0 Å². The summed E-state index contributed by atoms with van der Waals surface area (Å²) in [5.74, 6) is -0.395. The molecule has 1 aliphatic rings. The van der Waals surface area contributed by atoms with E-state index in [1.54, 1.807) is 24.5 Å². The van der Waals surface area contributed by atoms with E-state index in [9.17, 15) is 9.59 Å². The van der Waals surface area contributed by atoms with Gasteiger partial charge in [0.15, 0.2) is 0 Å². The van der Waals surface area contributed by atoms with Crippen molar-refractivity contribution in [3.8, 4) is 0 Å². The first-order valence-electron chi connectivity index (χ1n) is 6.95. The van der Waals surface area contributed by atoms with Gasteiger partial charge in [-0.15, -0.1) is 0 Å². The first-order valence-corrected chi connectivity index (χ1v) is 6.95. The van der Waals surface area contributed by atoms with Crippen LogP contribution in [-0.4, -0.2) is 30.5 Å². The fourth-order valence-corrected chi connectivity index (χ4v) is 2.75. The van der Waals surface area contributed by atoms with E-state index in [0.717, 1.165) is 32.1 Å². The number of nitrogens with one attached hydrogen (secondary N) is 1. The number of amides is 1. The zero-order valence-electron chi connectivity index (χ0n) is 11.7. The number of esters is 1. The second kappa shape index (κ2) is 6.50. The van der Waals surface area contributed by atoms with Crippen LogP contribution in [0.4, 0.5) is 0 Å². The third kappa shape index (κ3) is 3.15. The van der Waals surface area contributed by atoms with Crippen molar-refractivity contribution in [3.05, 3.63) is 30.1 Å². The Morgan fingerprint density at radius 3 is 2.50 bits per heavy atom. The third-order valence-corrected chi connectivity index (χ3v) is 3.96. The van der Waals surface area contributed by atoms with Gasteiger partial charge in [0.25, 0.3) is 5.91 Å². The zero-order chi connectivity index (χ0) is 14.4. The maximum Gasteiger partial charge on any atom is 0.313 e. The number of rotatable bonds is 4. The largest absolute Gasteiger partial charge is 0.469 e. The molecule has 0 bridgehead atoms. The van der Waals surface area contributed by atoms with Crippen molar-refractivity contribution in [2.75, 3.05) is 13.7 Å². The highest BCUT2D eigenvalue weighted by molar-refractivity contribution is 5.94. The summed E-state index contributed by atoms with van der Waals surface area (Å²) in [6.45, 7) is 0.334. The molecule has 0 atom stereocenters. The molecular weight excluding hydrogens is 256 g/mol. The molecule has 1 saturated carbocycles. The van der Waals surface area contributed by atoms with Crippen molar-refractivity contribution in [2.45, 2.75) is 32.1 Å². The van der Waals surface area contributed by atoms with E-state index in [0.29, 0.717) is 12.1 Å². The van der Waals surface area contributed by atoms with Crippen LogP contribution in [0.15, 0.2) is 24.5 Å². The molecule has 0 unspecified atom stereocenters. The molecular formula is C15H20N2O3. The highest BCUT2D eigenvalue weighted by atomic mass is 16.5. The van der Waals surface area contributed by atoms with Crippen LogP contribution in [0.2, 0.25) is 0 Å². The molecule has 20 heavy (non-hydrogen) atoms. The second-order valence-corrected chi connectivity index (χ2v) is 5.25. The molecule has 1 aromatic rings. The van der Waals surface area contributed by atoms with E-state index in [4.69, 9.17) is 4.74 Å². The van der Waals surface area contributed by atoms with Gasteiger partial charge >= 0.3 is 5.97 Å². The molecule has 5 heteroatoms. The first-order chi connectivity index (χ1) is 9.68. The highest BCUT2D eigenvalue weighted by Gasteiger charge is 2.40. The fraction of sp³-hybridized carbons (Fsp3) is 0.533. The van der Waals surface area contributed by atoms with Crippen molar-refractivity contribution < 1.29 is 14.3 Å². The van der Waals surface area contributed by atoms with Gasteiger partial charge in [0.2, 0.25) is 0 Å². The Kier molecular flexibility index (Phi) is 4.71. The van der Waals surface area contributed by atoms with Gasteiger partial charge in [-0.2, -0.15) is 0 Å². The van der Waals surface area contributed by atoms with E-state index in [-0.39, 0.29) is 11.9 Å². The average Bonchev–Trinajstić information content (AvgIpc) is 2.53. The monoisotopic (exact) mass is 276 g/mol. The molecule has 1 fully saturated rings. The van der Waals surface area contributed by atoms with Crippen LogP contribution >= 0.6 is 0 Å². The summed E-state index contributed by atoms with van der Waals surface area (Å²) >= 11 is 0. The van der Waals surface area contributed by atoms with Crippen LogP contribution in [0.3, 0.4) is 0 Å². The summed E-state index contributed by atoms with van der Waals surface area (Å²) in [6.07, 6.45) is 7.83. The second-order valence-electron chi connectivity index (χ2n) is 5.25. The number of aromatic nitrogens is 1. The summed E-state index contributed by atoms with van der Waals surface area (Å²) in [5.41, 5.74) is -0.00814. The Bertz CT molecular complexity index is 467. The first kappa shape index (κ1) is 14.5. The average molecular weight is 276 g/mol. The molecule has 1 aliphatic carbocycles. The number of hydrogen-bond donors (Lipinski definition) is 1. The lowest BCUT2D eigenvalue weighted by atomic mass is 9.74. The maximum absolute atomic E-state index is 12.1. The van der Waals surface area contributed by atoms with Gasteiger partial charge in [0.1, 0.15) is 0 Å². The van der Waals surface area contributed by atoms with Crippen molar-refractivity contribution in [2.24, 2.45) is 5.41 Å². The Morgan fingerprint density at radius 2 is 1.90 bits per heavy atom. The van der Waals surface area contributed by atoms with Gasteiger partial charge < -0.3 is 10.1 Å². The van der Waals surface area contributed by atoms with Crippen molar-refractivity contribution in [1.29, 1.82) is 0 Å². The number of nitrogens with zero attached hydrogens (tertiary/aromatic N) is 1. The molecule has 0 saturated heterocycles. The Morgan fingerprint density at radius 1 is 1.25 bits per heavy atom. The molecule has 1 amide bonds. The Balaban J connectivity index is 2.02. The molecule has 2 rings (SSSR count). The van der Waals surface area contributed by atoms with Gasteiger partial charge in [-0.05, 0) is 25.0 Å². The molecule has 1 aromatic heterocycles. The SMILES string of the molecule is COC(=O)C1(CNC(=O)c2ccncc2)CCCCC1. The van der Waals surface area contributed by atoms with Gasteiger partial charge in [0, 0.05) is 24.5 Å². The highest BCUT2D eigenvalue weighted by Crippen LogP contribution is 2.36. The van der Waals surface area contributed by atoms with Crippen LogP contribution in [0.1, 0.15) is 42.5 Å². The standard InChI is InChI=1S/C15H20N2O3/c1-20-14(19)15(7-3-2-4-8-15)11-17-13(18)12-5-9-16-10-6-12/h5-6,9-10H,2-4,7-8,11H2,1H3,(H,17,18). The van der Waals surface area contributed by atoms with Gasteiger partial charge in [-0.3, -0.25) is 14.6 Å². The van der Waals surface area contributed by atoms with Crippen LogP contribution < -0.4 is 5.32 Å². The predicted octanol–water partition coefficient (Wildman–Crippen LogP) is 1.93. The Hall–Kier alpha value is -1.91. The summed E-state index contributed by atoms with van der Waals surface area (Å²) in [5, 5.41) is 2.86. The number of methoxy groups -OCH3 is 1. The molecule has 5 nitrogen and oxygen atoms in total. The van der Waals surface area contributed by atoms with E-state index in [1.807, 2.05) is 0 Å². The van der Waals surface area contributed by atoms with Crippen LogP contribution in [0, 0.1) is 5.41 Å². The minimum atomic E-state index is -0.560. The molecule has 1 N–H and O–H groups in total. The summed E-state index contributed by atoms with van der Waals surface area (Å²) in [4.78, 5) is 28.0. The third-order valence-electron chi connectivity index (χ3n) is 3.96. The normalized spacial score (nSPS) is 17.2. The maximum atomic E-state index is 12.1. The zero-order valence-corrected chi connectivity index (χ0v) is 11.7. The molecule has 0 aromatic carbocycles. The lowest BCUT2D eigenvalue weighted by molar-refractivity contribution is -0.154. The van der Waals surface area contributed by atoms with Crippen LogP contribution in [0.5, 0.6) is 0 Å². The van der Waals surface area contributed by atoms with E-state index < -0.39 is 5.41 Å². The smallest absolute Gasteiger partial charge is 0.313 e.